The van der Waals surface area contributed by atoms with Crippen molar-refractivity contribution in [3.8, 4) is 0 Å². The van der Waals surface area contributed by atoms with Gasteiger partial charge in [-0.1, -0.05) is 18.2 Å². The summed E-state index contributed by atoms with van der Waals surface area (Å²) in [5.41, 5.74) is 12.4. The van der Waals surface area contributed by atoms with Crippen molar-refractivity contribution in [2.24, 2.45) is 11.5 Å². The number of thiol groups is 1. The summed E-state index contributed by atoms with van der Waals surface area (Å²) in [4.78, 5) is 63.8. The van der Waals surface area contributed by atoms with Gasteiger partial charge in [0.15, 0.2) is 0 Å². The number of aliphatic hydroxyl groups is 1. The zero-order valence-electron chi connectivity index (χ0n) is 18.6. The largest absolute Gasteiger partial charge is 0.480 e. The molecule has 35 heavy (non-hydrogen) atoms. The molecular weight excluding hydrogens is 480 g/mol. The second-order valence-electron chi connectivity index (χ2n) is 7.73. The number of benzene rings is 1. The molecule has 10 N–H and O–H groups in total. The molecule has 0 bridgehead atoms. The Labute approximate surface area is 205 Å². The number of carbonyl (C=O) groups is 5. The fraction of sp³-hybridized carbons (Fsp3) is 0.381. The van der Waals surface area contributed by atoms with E-state index in [0.717, 1.165) is 10.9 Å². The average molecular weight is 509 g/mol. The molecule has 13 nitrogen and oxygen atoms in total. The normalized spacial score (nSPS) is 14.4. The van der Waals surface area contributed by atoms with Gasteiger partial charge in [-0.3, -0.25) is 19.2 Å². The number of H-pyrrole nitrogens is 1. The average Bonchev–Trinajstić information content (AvgIpc) is 3.23. The summed E-state index contributed by atoms with van der Waals surface area (Å²) in [5, 5.41) is 25.8. The number of primary amides is 1. The van der Waals surface area contributed by atoms with E-state index in [4.69, 9.17) is 21.7 Å². The number of aliphatic carboxylic acids is 1. The van der Waals surface area contributed by atoms with Gasteiger partial charge in [0.05, 0.1) is 19.1 Å². The lowest BCUT2D eigenvalue weighted by molar-refractivity contribution is -0.143. The third kappa shape index (κ3) is 7.70. The third-order valence-electron chi connectivity index (χ3n) is 5.10. The highest BCUT2D eigenvalue weighted by atomic mass is 32.1. The molecule has 2 rings (SSSR count). The zero-order chi connectivity index (χ0) is 26.1. The van der Waals surface area contributed by atoms with Gasteiger partial charge in [-0.25, -0.2) is 4.79 Å². The minimum atomic E-state index is -1.66. The van der Waals surface area contributed by atoms with Crippen LogP contribution in [0.2, 0.25) is 0 Å². The minimum Gasteiger partial charge on any atom is -0.480 e. The number of para-hydroxylation sites is 1. The Kier molecular flexibility index (Phi) is 10.1. The quantitative estimate of drug-likeness (QED) is 0.130. The van der Waals surface area contributed by atoms with Crippen LogP contribution in [0.15, 0.2) is 30.5 Å². The van der Waals surface area contributed by atoms with Crippen LogP contribution in [0.3, 0.4) is 0 Å². The molecule has 0 saturated heterocycles. The highest BCUT2D eigenvalue weighted by molar-refractivity contribution is 7.80. The first-order chi connectivity index (χ1) is 16.6. The van der Waals surface area contributed by atoms with Gasteiger partial charge in [0, 0.05) is 29.3 Å². The Hall–Kier alpha value is -3.62. The first-order valence-corrected chi connectivity index (χ1v) is 11.1. The standard InChI is InChI=1S/C21H28N6O7S/c22-12(9-35)18(30)25-14(5-10-7-24-13-4-2-1-3-11(10)13)19(31)26-15(6-17(23)29)20(32)27-16(8-28)21(33)34/h1-4,7,12,14-16,24,28,35H,5-6,8-9,22H2,(H2,23,29)(H,25,30)(H,26,31)(H,27,32)(H,33,34). The number of hydrogen-bond donors (Lipinski definition) is 9. The van der Waals surface area contributed by atoms with Gasteiger partial charge in [0.1, 0.15) is 18.1 Å². The molecule has 0 aliphatic heterocycles. The van der Waals surface area contributed by atoms with E-state index < -0.39 is 66.8 Å². The number of aromatic nitrogens is 1. The smallest absolute Gasteiger partial charge is 0.328 e. The summed E-state index contributed by atoms with van der Waals surface area (Å²) in [6, 6.07) is 1.82. The van der Waals surface area contributed by atoms with E-state index in [0.29, 0.717) is 5.56 Å². The van der Waals surface area contributed by atoms with Crippen molar-refractivity contribution in [1.29, 1.82) is 0 Å². The van der Waals surface area contributed by atoms with Crippen molar-refractivity contribution in [2.75, 3.05) is 12.4 Å². The molecule has 0 saturated carbocycles. The second-order valence-corrected chi connectivity index (χ2v) is 8.09. The van der Waals surface area contributed by atoms with E-state index in [1.54, 1.807) is 12.3 Å². The maximum atomic E-state index is 13.1. The fourth-order valence-corrected chi connectivity index (χ4v) is 3.40. The second kappa shape index (κ2) is 12.7. The van der Waals surface area contributed by atoms with E-state index in [-0.39, 0.29) is 12.2 Å². The summed E-state index contributed by atoms with van der Waals surface area (Å²) < 4.78 is 0. The molecule has 0 fully saturated rings. The Morgan fingerprint density at radius 2 is 1.57 bits per heavy atom. The molecule has 190 valence electrons. The van der Waals surface area contributed by atoms with Crippen LogP contribution in [-0.4, -0.2) is 81.3 Å². The van der Waals surface area contributed by atoms with Crippen molar-refractivity contribution >= 4 is 53.1 Å². The molecule has 0 aliphatic carbocycles. The Bertz CT molecular complexity index is 1090. The Morgan fingerprint density at radius 1 is 0.971 bits per heavy atom. The summed E-state index contributed by atoms with van der Waals surface area (Å²) in [6.45, 7) is -0.917. The molecule has 0 radical (unpaired) electrons. The lowest BCUT2D eigenvalue weighted by Gasteiger charge is -2.24. The third-order valence-corrected chi connectivity index (χ3v) is 5.49. The molecular formula is C21H28N6O7S. The van der Waals surface area contributed by atoms with E-state index >= 15 is 0 Å². The van der Waals surface area contributed by atoms with Crippen LogP contribution in [-0.2, 0) is 30.4 Å². The highest BCUT2D eigenvalue weighted by Crippen LogP contribution is 2.19. The molecule has 4 amide bonds. The summed E-state index contributed by atoms with van der Waals surface area (Å²) in [5.74, 6) is -5.01. The van der Waals surface area contributed by atoms with Crippen molar-refractivity contribution in [2.45, 2.75) is 37.0 Å². The molecule has 1 heterocycles. The monoisotopic (exact) mass is 508 g/mol. The first kappa shape index (κ1) is 27.6. The first-order valence-electron chi connectivity index (χ1n) is 10.5. The van der Waals surface area contributed by atoms with Gasteiger partial charge in [0.2, 0.25) is 23.6 Å². The van der Waals surface area contributed by atoms with Crippen molar-refractivity contribution in [3.63, 3.8) is 0 Å². The number of hydrogen-bond acceptors (Lipinski definition) is 8. The molecule has 4 unspecified atom stereocenters. The number of carboxylic acid groups (broad SMARTS) is 1. The number of aliphatic hydroxyl groups excluding tert-OH is 1. The molecule has 4 atom stereocenters. The molecule has 1 aromatic carbocycles. The SMILES string of the molecule is NC(=O)CC(NC(=O)C(Cc1c[nH]c2ccccc12)NC(=O)C(N)CS)C(=O)NC(CO)C(=O)O. The number of nitrogens with one attached hydrogen (secondary N) is 4. The molecule has 14 heteroatoms. The predicted molar refractivity (Wildman–Crippen MR) is 128 cm³/mol. The number of amides is 4. The number of rotatable bonds is 13. The van der Waals surface area contributed by atoms with Gasteiger partial charge in [-0.05, 0) is 11.6 Å². The van der Waals surface area contributed by atoms with E-state index in [1.807, 2.05) is 23.5 Å². The van der Waals surface area contributed by atoms with Crippen LogP contribution in [0.25, 0.3) is 10.9 Å². The van der Waals surface area contributed by atoms with Gasteiger partial charge < -0.3 is 42.6 Å². The van der Waals surface area contributed by atoms with E-state index in [1.165, 1.54) is 0 Å². The lowest BCUT2D eigenvalue weighted by atomic mass is 10.0. The summed E-state index contributed by atoms with van der Waals surface area (Å²) in [7, 11) is 0. The van der Waals surface area contributed by atoms with Crippen LogP contribution in [0.4, 0.5) is 0 Å². The summed E-state index contributed by atoms with van der Waals surface area (Å²) >= 11 is 3.98. The predicted octanol–water partition coefficient (Wildman–Crippen LogP) is -2.63. The number of carbonyl (C=O) groups excluding carboxylic acids is 4. The molecule has 2 aromatic rings. The molecule has 0 aliphatic rings. The van der Waals surface area contributed by atoms with Crippen LogP contribution in [0.5, 0.6) is 0 Å². The van der Waals surface area contributed by atoms with Gasteiger partial charge >= 0.3 is 5.97 Å². The topological polar surface area (TPSA) is 230 Å². The minimum absolute atomic E-state index is 0.000178. The maximum Gasteiger partial charge on any atom is 0.328 e. The number of nitrogens with two attached hydrogens (primary N) is 2. The van der Waals surface area contributed by atoms with E-state index in [2.05, 4.69) is 28.2 Å². The van der Waals surface area contributed by atoms with E-state index in [9.17, 15) is 24.0 Å². The van der Waals surface area contributed by atoms with Gasteiger partial charge in [0.25, 0.3) is 0 Å². The van der Waals surface area contributed by atoms with Crippen molar-refractivity contribution in [3.05, 3.63) is 36.0 Å². The Balaban J connectivity index is 2.29. The van der Waals surface area contributed by atoms with Crippen LogP contribution in [0, 0.1) is 0 Å². The highest BCUT2D eigenvalue weighted by Gasteiger charge is 2.31. The fourth-order valence-electron chi connectivity index (χ4n) is 3.23. The molecule has 1 aromatic heterocycles. The van der Waals surface area contributed by atoms with Gasteiger partial charge in [-0.15, -0.1) is 0 Å². The molecule has 0 spiro atoms. The Morgan fingerprint density at radius 3 is 2.17 bits per heavy atom. The van der Waals surface area contributed by atoms with Crippen LogP contribution >= 0.6 is 12.6 Å². The number of aromatic amines is 1. The van der Waals surface area contributed by atoms with Crippen molar-refractivity contribution in [1.82, 2.24) is 20.9 Å². The maximum absolute atomic E-state index is 13.1. The van der Waals surface area contributed by atoms with Crippen LogP contribution < -0.4 is 27.4 Å². The summed E-state index contributed by atoms with van der Waals surface area (Å²) in [6.07, 6.45) is 1.02. The van der Waals surface area contributed by atoms with Gasteiger partial charge in [-0.2, -0.15) is 12.6 Å². The lowest BCUT2D eigenvalue weighted by Crippen LogP contribution is -2.58. The van der Waals surface area contributed by atoms with Crippen molar-refractivity contribution < 1.29 is 34.2 Å². The van der Waals surface area contributed by atoms with Crippen LogP contribution in [0.1, 0.15) is 12.0 Å². The number of fused-ring (bicyclic) bond motifs is 1. The number of carboxylic acids is 1. The zero-order valence-corrected chi connectivity index (χ0v) is 19.5.